The van der Waals surface area contributed by atoms with E-state index in [9.17, 15) is 8.42 Å². The van der Waals surface area contributed by atoms with Crippen molar-refractivity contribution in [3.63, 3.8) is 0 Å². The number of likely N-dealkylation sites (tertiary alicyclic amines) is 2. The van der Waals surface area contributed by atoms with Crippen LogP contribution in [0.2, 0.25) is 0 Å². The van der Waals surface area contributed by atoms with Gasteiger partial charge in [0.1, 0.15) is 0 Å². The number of likely N-dealkylation sites (N-methyl/N-ethyl adjacent to an activating group) is 1. The van der Waals surface area contributed by atoms with Crippen molar-refractivity contribution in [2.75, 3.05) is 26.2 Å². The number of hydrogen-bond donors (Lipinski definition) is 1. The molecule has 2 aliphatic rings. The number of hydrogen-bond acceptors (Lipinski definition) is 4. The molecule has 0 bridgehead atoms. The summed E-state index contributed by atoms with van der Waals surface area (Å²) in [5, 5.41) is 0. The fraction of sp³-hybridized carbons (Fsp3) is 0.667. The molecule has 6 heteroatoms. The Morgan fingerprint density at radius 2 is 1.92 bits per heavy atom. The predicted octanol–water partition coefficient (Wildman–Crippen LogP) is 2.04. The summed E-state index contributed by atoms with van der Waals surface area (Å²) in [6.07, 6.45) is 3.40. The van der Waals surface area contributed by atoms with E-state index < -0.39 is 10.0 Å². The molecule has 134 valence electrons. The Hall–Kier alpha value is -0.950. The van der Waals surface area contributed by atoms with Crippen LogP contribution in [0.3, 0.4) is 0 Å². The second kappa shape index (κ2) is 7.52. The largest absolute Gasteiger partial charge is 0.302 e. The van der Waals surface area contributed by atoms with Gasteiger partial charge < -0.3 is 4.90 Å². The highest BCUT2D eigenvalue weighted by Crippen LogP contribution is 2.20. The molecule has 0 saturated carbocycles. The van der Waals surface area contributed by atoms with Crippen LogP contribution in [-0.2, 0) is 16.6 Å². The van der Waals surface area contributed by atoms with Crippen LogP contribution in [0.1, 0.15) is 38.7 Å². The first-order valence-electron chi connectivity index (χ1n) is 9.05. The molecule has 2 aliphatic heterocycles. The number of benzene rings is 1. The van der Waals surface area contributed by atoms with Crippen molar-refractivity contribution in [3.8, 4) is 0 Å². The van der Waals surface area contributed by atoms with Crippen LogP contribution < -0.4 is 4.72 Å². The Labute approximate surface area is 146 Å². The molecule has 1 aromatic rings. The van der Waals surface area contributed by atoms with Crippen LogP contribution in [0.25, 0.3) is 0 Å². The third kappa shape index (κ3) is 4.17. The van der Waals surface area contributed by atoms with Gasteiger partial charge in [-0.3, -0.25) is 4.90 Å². The lowest BCUT2D eigenvalue weighted by Gasteiger charge is -2.21. The summed E-state index contributed by atoms with van der Waals surface area (Å²) < 4.78 is 28.0. The average Bonchev–Trinajstić information content (AvgIpc) is 3.17. The zero-order valence-corrected chi connectivity index (χ0v) is 15.6. The second-order valence-corrected chi connectivity index (χ2v) is 8.82. The molecule has 0 aliphatic carbocycles. The van der Waals surface area contributed by atoms with Gasteiger partial charge in [0.05, 0.1) is 4.90 Å². The lowest BCUT2D eigenvalue weighted by atomic mass is 10.2. The lowest BCUT2D eigenvalue weighted by molar-refractivity contribution is 0.260. The summed E-state index contributed by atoms with van der Waals surface area (Å²) in [5.41, 5.74) is 1.18. The first-order valence-corrected chi connectivity index (χ1v) is 10.5. The first kappa shape index (κ1) is 17.9. The summed E-state index contributed by atoms with van der Waals surface area (Å²) in [5.74, 6) is 0. The molecule has 1 N–H and O–H groups in total. The number of sulfonamides is 1. The van der Waals surface area contributed by atoms with E-state index in [2.05, 4.69) is 28.4 Å². The molecule has 3 rings (SSSR count). The van der Waals surface area contributed by atoms with E-state index in [0.29, 0.717) is 10.9 Å². The monoisotopic (exact) mass is 351 g/mol. The number of rotatable bonds is 6. The fourth-order valence-electron chi connectivity index (χ4n) is 3.74. The fourth-order valence-corrected chi connectivity index (χ4v) is 5.00. The van der Waals surface area contributed by atoms with Crippen LogP contribution in [-0.4, -0.2) is 56.5 Å². The molecule has 2 heterocycles. The normalized spacial score (nSPS) is 26.2. The molecule has 0 spiro atoms. The van der Waals surface area contributed by atoms with E-state index in [0.717, 1.165) is 39.1 Å². The Morgan fingerprint density at radius 1 is 1.17 bits per heavy atom. The van der Waals surface area contributed by atoms with Gasteiger partial charge in [-0.25, -0.2) is 13.1 Å². The maximum absolute atomic E-state index is 12.6. The minimum atomic E-state index is -3.42. The van der Waals surface area contributed by atoms with Crippen molar-refractivity contribution in [3.05, 3.63) is 29.8 Å². The highest BCUT2D eigenvalue weighted by atomic mass is 32.2. The van der Waals surface area contributed by atoms with Crippen LogP contribution in [0.4, 0.5) is 0 Å². The molecule has 1 aromatic carbocycles. The van der Waals surface area contributed by atoms with Crippen molar-refractivity contribution in [2.24, 2.45) is 0 Å². The summed E-state index contributed by atoms with van der Waals surface area (Å²) in [7, 11) is -3.42. The van der Waals surface area contributed by atoms with Gasteiger partial charge >= 0.3 is 0 Å². The van der Waals surface area contributed by atoms with Crippen LogP contribution >= 0.6 is 0 Å². The average molecular weight is 352 g/mol. The molecular formula is C18H29N3O2S. The van der Waals surface area contributed by atoms with E-state index in [4.69, 9.17) is 0 Å². The molecular weight excluding hydrogens is 322 g/mol. The van der Waals surface area contributed by atoms with E-state index in [1.54, 1.807) is 12.1 Å². The Kier molecular flexibility index (Phi) is 5.59. The molecule has 5 nitrogen and oxygen atoms in total. The Morgan fingerprint density at radius 3 is 2.50 bits per heavy atom. The van der Waals surface area contributed by atoms with E-state index in [1.807, 2.05) is 12.1 Å². The standard InChI is InChI=1S/C18H29N3O2S/c1-3-20-12-10-17(14-20)19-24(22,23)18-8-6-16(7-9-18)13-21-11-4-5-15(21)2/h6-9,15,17,19H,3-5,10-14H2,1-2H3. The number of nitrogens with one attached hydrogen (secondary N) is 1. The van der Waals surface area contributed by atoms with Crippen molar-refractivity contribution < 1.29 is 8.42 Å². The van der Waals surface area contributed by atoms with Crippen LogP contribution in [0.5, 0.6) is 0 Å². The summed E-state index contributed by atoms with van der Waals surface area (Å²) >= 11 is 0. The minimum Gasteiger partial charge on any atom is -0.302 e. The molecule has 2 fully saturated rings. The topological polar surface area (TPSA) is 52.7 Å². The van der Waals surface area contributed by atoms with Crippen molar-refractivity contribution in [1.82, 2.24) is 14.5 Å². The van der Waals surface area contributed by atoms with Gasteiger partial charge in [-0.2, -0.15) is 0 Å². The van der Waals surface area contributed by atoms with E-state index in [1.165, 1.54) is 18.4 Å². The molecule has 0 amide bonds. The molecule has 2 saturated heterocycles. The van der Waals surface area contributed by atoms with Crippen LogP contribution in [0.15, 0.2) is 29.2 Å². The highest BCUT2D eigenvalue weighted by Gasteiger charge is 2.26. The number of nitrogens with zero attached hydrogens (tertiary/aromatic N) is 2. The smallest absolute Gasteiger partial charge is 0.240 e. The zero-order chi connectivity index (χ0) is 17.2. The SMILES string of the molecule is CCN1CCC(NS(=O)(=O)c2ccc(CN3CCCC3C)cc2)C1. The maximum atomic E-state index is 12.6. The molecule has 2 unspecified atom stereocenters. The van der Waals surface area contributed by atoms with Crippen molar-refractivity contribution >= 4 is 10.0 Å². The van der Waals surface area contributed by atoms with Crippen LogP contribution in [0, 0.1) is 0 Å². The van der Waals surface area contributed by atoms with Gasteiger partial charge in [-0.15, -0.1) is 0 Å². The second-order valence-electron chi connectivity index (χ2n) is 7.11. The molecule has 2 atom stereocenters. The van der Waals surface area contributed by atoms with Gasteiger partial charge in [0.25, 0.3) is 0 Å². The van der Waals surface area contributed by atoms with Crippen molar-refractivity contribution in [2.45, 2.75) is 56.6 Å². The summed E-state index contributed by atoms with van der Waals surface area (Å²) in [4.78, 5) is 5.10. The molecule has 0 radical (unpaired) electrons. The van der Waals surface area contributed by atoms with Gasteiger partial charge in [-0.1, -0.05) is 19.1 Å². The third-order valence-electron chi connectivity index (χ3n) is 5.35. The van der Waals surface area contributed by atoms with Gasteiger partial charge in [-0.05, 0) is 63.5 Å². The lowest BCUT2D eigenvalue weighted by Crippen LogP contribution is -2.37. The molecule has 24 heavy (non-hydrogen) atoms. The third-order valence-corrected chi connectivity index (χ3v) is 6.89. The quantitative estimate of drug-likeness (QED) is 0.852. The zero-order valence-electron chi connectivity index (χ0n) is 14.7. The predicted molar refractivity (Wildman–Crippen MR) is 96.4 cm³/mol. The van der Waals surface area contributed by atoms with Gasteiger partial charge in [0, 0.05) is 25.2 Å². The van der Waals surface area contributed by atoms with Crippen molar-refractivity contribution in [1.29, 1.82) is 0 Å². The molecule has 0 aromatic heterocycles. The van der Waals surface area contributed by atoms with Gasteiger partial charge in [0.15, 0.2) is 0 Å². The highest BCUT2D eigenvalue weighted by molar-refractivity contribution is 7.89. The summed E-state index contributed by atoms with van der Waals surface area (Å²) in [6, 6.07) is 8.04. The van der Waals surface area contributed by atoms with Gasteiger partial charge in [0.2, 0.25) is 10.0 Å². The first-order chi connectivity index (χ1) is 11.5. The minimum absolute atomic E-state index is 0.0278. The van der Waals surface area contributed by atoms with E-state index >= 15 is 0 Å². The Balaban J connectivity index is 1.61. The Bertz CT molecular complexity index is 645. The summed E-state index contributed by atoms with van der Waals surface area (Å²) in [6.45, 7) is 9.16. The maximum Gasteiger partial charge on any atom is 0.240 e. The van der Waals surface area contributed by atoms with E-state index in [-0.39, 0.29) is 6.04 Å².